The number of hydrogen-bond donors (Lipinski definition) is 8. The minimum atomic E-state index is -0.833. The number of para-hydroxylation sites is 8. The van der Waals surface area contributed by atoms with Gasteiger partial charge in [-0.15, -0.1) is 0 Å². The molecule has 2 heterocycles. The van der Waals surface area contributed by atoms with Crippen LogP contribution in [0, 0.1) is 13.8 Å². The third kappa shape index (κ3) is 35.7. The van der Waals surface area contributed by atoms with Crippen molar-refractivity contribution in [2.24, 2.45) is 0 Å². The summed E-state index contributed by atoms with van der Waals surface area (Å²) >= 11 is 0. The second-order valence-electron chi connectivity index (χ2n) is 12.0. The van der Waals surface area contributed by atoms with Gasteiger partial charge in [-0.05, 0) is 62.4 Å². The lowest BCUT2D eigenvalue weighted by Gasteiger charge is -2.03. The number of fused-ring (bicyclic) bond motifs is 2. The molecule has 6 rings (SSSR count). The lowest BCUT2D eigenvalue weighted by Crippen LogP contribution is -2.11. The number of aromatic amines is 2. The Morgan fingerprint density at radius 1 is 0.524 bits per heavy atom. The van der Waals surface area contributed by atoms with Crippen molar-refractivity contribution in [3.05, 3.63) is 109 Å². The van der Waals surface area contributed by atoms with Crippen LogP contribution < -0.4 is 27.8 Å². The van der Waals surface area contributed by atoms with Gasteiger partial charge in [0.25, 0.3) is 5.97 Å². The lowest BCUT2D eigenvalue weighted by atomic mass is 10.3. The molecule has 2 aromatic heterocycles. The maximum Gasteiger partial charge on any atom is 0.302 e. The lowest BCUT2D eigenvalue weighted by molar-refractivity contribution is -0.138. The number of aryl methyl sites for hydroxylation is 2. The number of benzene rings is 4. The number of aliphatic carboxylic acids is 1. The Morgan fingerprint density at radius 3 is 1.03 bits per heavy atom. The minimum Gasteiger partial charge on any atom is -0.481 e. The Hall–Kier alpha value is -7.96. The summed E-state index contributed by atoms with van der Waals surface area (Å²) in [7, 11) is 5.65. The number of H-pyrrole nitrogens is 2. The van der Waals surface area contributed by atoms with Crippen molar-refractivity contribution in [3.8, 4) is 0 Å². The molecule has 0 saturated heterocycles. The molecule has 19 heteroatoms. The zero-order valence-electron chi connectivity index (χ0n) is 38.0. The van der Waals surface area contributed by atoms with Gasteiger partial charge < -0.3 is 57.1 Å². The van der Waals surface area contributed by atoms with Crippen LogP contribution in [0.1, 0.15) is 53.2 Å². The highest BCUT2D eigenvalue weighted by Gasteiger charge is 1.97. The summed E-state index contributed by atoms with van der Waals surface area (Å²) in [4.78, 5) is 72.9. The smallest absolute Gasteiger partial charge is 0.302 e. The number of carbonyl (C=O) groups excluding carboxylic acids is 5. The van der Waals surface area contributed by atoms with E-state index in [2.05, 4.69) is 44.8 Å². The van der Waals surface area contributed by atoms with Gasteiger partial charge in [-0.3, -0.25) is 28.8 Å². The SMILES string of the molecule is CC(=O)Nc1ccccc1N.CC(=O)O.CNC(C)=O.COC(C)=O.COC(C)=O.COC(C)=O.Cc1nc2ccccc2[nH]1.Cc1nc2ccccc2[nH]1.Nc1ccccc1N. The van der Waals surface area contributed by atoms with E-state index in [1.165, 1.54) is 55.9 Å². The molecule has 19 nitrogen and oxygen atoms in total. The predicted molar refractivity (Wildman–Crippen MR) is 248 cm³/mol. The van der Waals surface area contributed by atoms with Crippen LogP contribution in [0.25, 0.3) is 22.1 Å². The number of rotatable bonds is 1. The second-order valence-corrected chi connectivity index (χ2v) is 12.0. The zero-order chi connectivity index (χ0) is 48.9. The largest absolute Gasteiger partial charge is 0.481 e. The standard InChI is InChI=1S/C8H10N2O.2C8H8N2.C6H8N2.C3H7NO.3C3H6O2.C2H4O2/c1-6(11)10-8-5-3-2-4-7(8)9;2*1-6-9-7-4-2-3-5-8(7)10-6;7-5-3-1-2-4-6(5)8;1-3(5)4-2;3*1-3(4)5-2;1-2(3)4/h2-5H,9H2,1H3,(H,10,11);2*2-5H,1H3,(H,9,10);1-4H,7-8H2;1-2H3,(H,4,5);3*1-2H3;1H3,(H,3,4). The van der Waals surface area contributed by atoms with Gasteiger partial charge in [0, 0.05) is 48.6 Å². The number of amides is 2. The number of imidazole rings is 2. The van der Waals surface area contributed by atoms with Crippen LogP contribution in [-0.4, -0.2) is 89.1 Å². The van der Waals surface area contributed by atoms with Crippen molar-refractivity contribution in [2.45, 2.75) is 55.4 Å². The van der Waals surface area contributed by atoms with E-state index >= 15 is 0 Å². The van der Waals surface area contributed by atoms with Crippen molar-refractivity contribution in [1.29, 1.82) is 0 Å². The fraction of sp³-hybridized carbons (Fsp3) is 0.273. The fourth-order valence-electron chi connectivity index (χ4n) is 3.47. The molecular weight excluding hydrogens is 815 g/mol. The third-order valence-electron chi connectivity index (χ3n) is 6.50. The van der Waals surface area contributed by atoms with E-state index in [-0.39, 0.29) is 29.7 Å². The van der Waals surface area contributed by atoms with Crippen LogP contribution in [0.2, 0.25) is 0 Å². The van der Waals surface area contributed by atoms with Gasteiger partial charge in [-0.25, -0.2) is 9.97 Å². The molecule has 0 fully saturated rings. The van der Waals surface area contributed by atoms with Gasteiger partial charge in [0.1, 0.15) is 11.6 Å². The molecule has 0 spiro atoms. The Morgan fingerprint density at radius 2 is 0.794 bits per heavy atom. The molecule has 0 atom stereocenters. The number of hydrogen-bond acceptors (Lipinski definition) is 14. The number of carboxylic acid groups (broad SMARTS) is 1. The molecule has 0 aliphatic carbocycles. The molecule has 0 aliphatic rings. The maximum atomic E-state index is 10.6. The number of nitrogens with one attached hydrogen (secondary N) is 4. The normalized spacial score (nSPS) is 8.63. The van der Waals surface area contributed by atoms with Crippen molar-refractivity contribution in [1.82, 2.24) is 25.3 Å². The number of esters is 3. The number of aromatic nitrogens is 4. The Bertz CT molecular complexity index is 2020. The first-order valence-corrected chi connectivity index (χ1v) is 18.6. The number of nitrogen functional groups attached to an aromatic ring is 3. The van der Waals surface area contributed by atoms with Crippen LogP contribution in [-0.2, 0) is 43.0 Å². The quantitative estimate of drug-likeness (QED) is 0.0518. The highest BCUT2D eigenvalue weighted by atomic mass is 16.5. The number of carboxylic acids is 1. The molecule has 344 valence electrons. The molecule has 2 amide bonds. The number of ether oxygens (including phenoxy) is 3. The van der Waals surface area contributed by atoms with Crippen molar-refractivity contribution in [3.63, 3.8) is 0 Å². The maximum absolute atomic E-state index is 10.6. The number of nitrogens with two attached hydrogens (primary N) is 3. The average molecular weight is 878 g/mol. The molecule has 0 aliphatic heterocycles. The molecule has 0 bridgehead atoms. The van der Waals surface area contributed by atoms with E-state index in [0.29, 0.717) is 22.7 Å². The van der Waals surface area contributed by atoms with Gasteiger partial charge >= 0.3 is 17.9 Å². The number of anilines is 4. The van der Waals surface area contributed by atoms with E-state index in [9.17, 15) is 24.0 Å². The molecule has 0 unspecified atom stereocenters. The highest BCUT2D eigenvalue weighted by Crippen LogP contribution is 2.16. The van der Waals surface area contributed by atoms with E-state index < -0.39 is 5.97 Å². The average Bonchev–Trinajstić information content (AvgIpc) is 3.81. The first-order valence-electron chi connectivity index (χ1n) is 18.6. The Balaban J connectivity index is -0.000000659. The molecular formula is C44H63N9O10. The van der Waals surface area contributed by atoms with Crippen LogP contribution >= 0.6 is 0 Å². The van der Waals surface area contributed by atoms with E-state index in [4.69, 9.17) is 27.1 Å². The van der Waals surface area contributed by atoms with Gasteiger partial charge in [0.05, 0.1) is 66.1 Å². The number of carbonyl (C=O) groups is 6. The summed E-state index contributed by atoms with van der Waals surface area (Å²) < 4.78 is 12.3. The van der Waals surface area contributed by atoms with E-state index in [1.54, 1.807) is 31.3 Å². The van der Waals surface area contributed by atoms with Gasteiger partial charge in [0.2, 0.25) is 11.8 Å². The van der Waals surface area contributed by atoms with Crippen molar-refractivity contribution >= 4 is 80.5 Å². The zero-order valence-corrected chi connectivity index (χ0v) is 38.0. The summed E-state index contributed by atoms with van der Waals surface area (Å²) in [6.45, 7) is 12.0. The number of methoxy groups -OCH3 is 3. The van der Waals surface area contributed by atoms with Crippen LogP contribution in [0.5, 0.6) is 0 Å². The van der Waals surface area contributed by atoms with Gasteiger partial charge in [0.15, 0.2) is 0 Å². The first-order chi connectivity index (χ1) is 29.5. The Kier molecular flexibility index (Phi) is 33.9. The number of nitrogens with zero attached hydrogens (tertiary/aromatic N) is 2. The van der Waals surface area contributed by atoms with E-state index in [0.717, 1.165) is 40.6 Å². The van der Waals surface area contributed by atoms with Gasteiger partial charge in [-0.2, -0.15) is 0 Å². The second kappa shape index (κ2) is 35.9. The molecule has 0 radical (unpaired) electrons. The fourth-order valence-corrected chi connectivity index (χ4v) is 3.47. The van der Waals surface area contributed by atoms with E-state index in [1.807, 2.05) is 86.6 Å². The summed E-state index contributed by atoms with van der Waals surface area (Å²) in [5.74, 6) is 0.273. The van der Waals surface area contributed by atoms with Gasteiger partial charge in [-0.1, -0.05) is 48.5 Å². The first kappa shape index (κ1) is 59.4. The molecule has 63 heavy (non-hydrogen) atoms. The summed E-state index contributed by atoms with van der Waals surface area (Å²) in [5, 5.41) is 12.4. The molecule has 11 N–H and O–H groups in total. The summed E-state index contributed by atoms with van der Waals surface area (Å²) in [6, 6.07) is 30.4. The third-order valence-corrected chi connectivity index (χ3v) is 6.50. The molecule has 0 saturated carbocycles. The monoisotopic (exact) mass is 877 g/mol. The predicted octanol–water partition coefficient (Wildman–Crippen LogP) is 6.20. The molecule has 4 aromatic carbocycles. The van der Waals surface area contributed by atoms with Crippen LogP contribution in [0.15, 0.2) is 97.1 Å². The Labute approximate surface area is 368 Å². The summed E-state index contributed by atoms with van der Waals surface area (Å²) in [5.41, 5.74) is 23.2. The highest BCUT2D eigenvalue weighted by molar-refractivity contribution is 5.92. The minimum absolute atomic E-state index is 0.00463. The molecule has 6 aromatic rings. The van der Waals surface area contributed by atoms with Crippen molar-refractivity contribution < 1.29 is 48.1 Å². The van der Waals surface area contributed by atoms with Crippen LogP contribution in [0.4, 0.5) is 22.7 Å². The van der Waals surface area contributed by atoms with Crippen molar-refractivity contribution in [2.75, 3.05) is 50.9 Å². The topological polar surface area (TPSA) is 310 Å². The summed E-state index contributed by atoms with van der Waals surface area (Å²) in [6.07, 6.45) is 0. The van der Waals surface area contributed by atoms with Crippen LogP contribution in [0.3, 0.4) is 0 Å².